The molecule has 1 saturated heterocycles. The van der Waals surface area contributed by atoms with Gasteiger partial charge in [0.2, 0.25) is 0 Å². The Labute approximate surface area is 125 Å². The first-order valence-corrected chi connectivity index (χ1v) is 9.32. The Bertz CT molecular complexity index is 331. The van der Waals surface area contributed by atoms with Crippen LogP contribution in [-0.4, -0.2) is 12.6 Å². The van der Waals surface area contributed by atoms with Gasteiger partial charge in [0.1, 0.15) is 0 Å². The molecule has 4 aliphatic carbocycles. The van der Waals surface area contributed by atoms with Gasteiger partial charge in [0, 0.05) is 6.04 Å². The van der Waals surface area contributed by atoms with Gasteiger partial charge in [0.05, 0.1) is 0 Å². The summed E-state index contributed by atoms with van der Waals surface area (Å²) >= 11 is 0. The molecule has 0 aromatic heterocycles. The lowest BCUT2D eigenvalue weighted by molar-refractivity contribution is -0.0434. The molecule has 0 spiro atoms. The van der Waals surface area contributed by atoms with Crippen molar-refractivity contribution >= 4 is 0 Å². The summed E-state index contributed by atoms with van der Waals surface area (Å²) in [5.74, 6) is 5.58. The van der Waals surface area contributed by atoms with E-state index in [4.69, 9.17) is 0 Å². The van der Waals surface area contributed by atoms with E-state index in [2.05, 4.69) is 19.2 Å². The van der Waals surface area contributed by atoms with Crippen molar-refractivity contribution in [3.63, 3.8) is 0 Å². The van der Waals surface area contributed by atoms with Gasteiger partial charge < -0.3 is 5.32 Å². The molecule has 1 heteroatoms. The van der Waals surface area contributed by atoms with E-state index < -0.39 is 0 Å². The molecule has 1 N–H and O–H groups in total. The minimum Gasteiger partial charge on any atom is -0.314 e. The first-order valence-electron chi connectivity index (χ1n) is 9.32. The van der Waals surface area contributed by atoms with E-state index in [1.807, 2.05) is 0 Å². The zero-order chi connectivity index (χ0) is 13.7. The van der Waals surface area contributed by atoms with E-state index in [0.717, 1.165) is 35.6 Å². The predicted octanol–water partition coefficient (Wildman–Crippen LogP) is 4.62. The molecule has 5 aliphatic rings. The Balaban J connectivity index is 1.39. The smallest absolute Gasteiger partial charge is 0.00701 e. The Morgan fingerprint density at radius 2 is 1.55 bits per heavy atom. The van der Waals surface area contributed by atoms with E-state index >= 15 is 0 Å². The Kier molecular flexibility index (Phi) is 3.41. The molecule has 114 valence electrons. The highest BCUT2D eigenvalue weighted by Gasteiger charge is 2.48. The molecule has 1 aliphatic heterocycles. The van der Waals surface area contributed by atoms with E-state index in [0.29, 0.717) is 5.41 Å². The van der Waals surface area contributed by atoms with Gasteiger partial charge in [0.15, 0.2) is 0 Å². The monoisotopic (exact) mass is 275 g/mol. The molecule has 0 aromatic rings. The summed E-state index contributed by atoms with van der Waals surface area (Å²) in [5, 5.41) is 3.90. The van der Waals surface area contributed by atoms with Crippen molar-refractivity contribution in [1.29, 1.82) is 0 Å². The topological polar surface area (TPSA) is 12.0 Å². The normalized spacial score (nSPS) is 50.1. The van der Waals surface area contributed by atoms with Crippen LogP contribution < -0.4 is 5.32 Å². The Hall–Kier alpha value is -0.0400. The highest BCUT2D eigenvalue weighted by Crippen LogP contribution is 2.57. The van der Waals surface area contributed by atoms with E-state index in [9.17, 15) is 0 Å². The first kappa shape index (κ1) is 13.6. The lowest BCUT2D eigenvalue weighted by atomic mass is 9.51. The highest BCUT2D eigenvalue weighted by molar-refractivity contribution is 4.99. The van der Waals surface area contributed by atoms with Crippen LogP contribution in [0.5, 0.6) is 0 Å². The predicted molar refractivity (Wildman–Crippen MR) is 84.6 cm³/mol. The number of rotatable bonds is 2. The van der Waals surface area contributed by atoms with Gasteiger partial charge in [-0.1, -0.05) is 13.8 Å². The quantitative estimate of drug-likeness (QED) is 0.775. The maximum Gasteiger partial charge on any atom is 0.00701 e. The van der Waals surface area contributed by atoms with Crippen LogP contribution >= 0.6 is 0 Å². The minimum atomic E-state index is 0.575. The second-order valence-corrected chi connectivity index (χ2v) is 9.43. The summed E-state index contributed by atoms with van der Waals surface area (Å²) < 4.78 is 0. The van der Waals surface area contributed by atoms with Gasteiger partial charge in [-0.15, -0.1) is 0 Å². The number of nitrogens with one attached hydrogen (secondary N) is 1. The zero-order valence-corrected chi connectivity index (χ0v) is 13.5. The maximum atomic E-state index is 3.90. The first-order chi connectivity index (χ1) is 9.59. The third kappa shape index (κ3) is 2.56. The molecule has 20 heavy (non-hydrogen) atoms. The highest BCUT2D eigenvalue weighted by atomic mass is 14.9. The van der Waals surface area contributed by atoms with Crippen molar-refractivity contribution in [1.82, 2.24) is 5.32 Å². The van der Waals surface area contributed by atoms with Crippen molar-refractivity contribution in [2.75, 3.05) is 6.54 Å². The third-order valence-corrected chi connectivity index (χ3v) is 7.38. The van der Waals surface area contributed by atoms with Crippen LogP contribution in [0, 0.1) is 35.0 Å². The van der Waals surface area contributed by atoms with Crippen LogP contribution in [0.2, 0.25) is 0 Å². The second kappa shape index (κ2) is 5.00. The fraction of sp³-hybridized carbons (Fsp3) is 1.00. The van der Waals surface area contributed by atoms with Crippen molar-refractivity contribution in [3.8, 4) is 0 Å². The molecule has 0 aromatic carbocycles. The summed E-state index contributed by atoms with van der Waals surface area (Å²) in [4.78, 5) is 0. The zero-order valence-electron chi connectivity index (χ0n) is 13.5. The molecule has 1 nitrogen and oxygen atoms in total. The second-order valence-electron chi connectivity index (χ2n) is 9.43. The maximum absolute atomic E-state index is 3.90. The lowest BCUT2D eigenvalue weighted by Gasteiger charge is -2.55. The van der Waals surface area contributed by atoms with Gasteiger partial charge in [-0.05, 0) is 99.3 Å². The van der Waals surface area contributed by atoms with Crippen molar-refractivity contribution < 1.29 is 0 Å². The molecule has 5 rings (SSSR count). The summed E-state index contributed by atoms with van der Waals surface area (Å²) in [6, 6.07) is 0.833. The van der Waals surface area contributed by atoms with Gasteiger partial charge in [0.25, 0.3) is 0 Å². The minimum absolute atomic E-state index is 0.575. The van der Waals surface area contributed by atoms with Crippen molar-refractivity contribution in [2.45, 2.75) is 77.7 Å². The van der Waals surface area contributed by atoms with Gasteiger partial charge in [-0.2, -0.15) is 0 Å². The lowest BCUT2D eigenvalue weighted by Crippen LogP contribution is -2.47. The molecule has 1 unspecified atom stereocenters. The van der Waals surface area contributed by atoms with Crippen LogP contribution in [0.3, 0.4) is 0 Å². The Morgan fingerprint density at radius 1 is 0.900 bits per heavy atom. The number of hydrogen-bond donors (Lipinski definition) is 1. The van der Waals surface area contributed by atoms with Gasteiger partial charge in [-0.25, -0.2) is 0 Å². The Morgan fingerprint density at radius 3 is 2.20 bits per heavy atom. The van der Waals surface area contributed by atoms with Crippen LogP contribution in [0.25, 0.3) is 0 Å². The molecule has 1 heterocycles. The molecule has 4 bridgehead atoms. The summed E-state index contributed by atoms with van der Waals surface area (Å²) in [7, 11) is 0. The van der Waals surface area contributed by atoms with Crippen LogP contribution in [0.1, 0.15) is 71.6 Å². The van der Waals surface area contributed by atoms with Crippen LogP contribution in [0.4, 0.5) is 0 Å². The summed E-state index contributed by atoms with van der Waals surface area (Å²) in [5.41, 5.74) is 0.575. The van der Waals surface area contributed by atoms with Crippen LogP contribution in [0.15, 0.2) is 0 Å². The van der Waals surface area contributed by atoms with Crippen molar-refractivity contribution in [2.24, 2.45) is 35.0 Å². The largest absolute Gasteiger partial charge is 0.314 e. The molecule has 1 atom stereocenters. The number of hydrogen-bond acceptors (Lipinski definition) is 1. The fourth-order valence-corrected chi connectivity index (χ4v) is 6.36. The molecule has 0 amide bonds. The average molecular weight is 275 g/mol. The summed E-state index contributed by atoms with van der Waals surface area (Å²) in [6.07, 6.45) is 13.7. The molecule has 4 saturated carbocycles. The van der Waals surface area contributed by atoms with Crippen LogP contribution in [-0.2, 0) is 0 Å². The van der Waals surface area contributed by atoms with E-state index in [1.54, 1.807) is 32.1 Å². The SMILES string of the molecule is CC1(C)CCNC(CC2C3CC4CC(C3)CC2C4)CC1. The van der Waals surface area contributed by atoms with E-state index in [-0.39, 0.29) is 0 Å². The molecular weight excluding hydrogens is 242 g/mol. The molecular formula is C19H33N. The molecule has 5 fully saturated rings. The van der Waals surface area contributed by atoms with Gasteiger partial charge >= 0.3 is 0 Å². The third-order valence-electron chi connectivity index (χ3n) is 7.38. The molecule has 0 radical (unpaired) electrons. The van der Waals surface area contributed by atoms with Gasteiger partial charge in [-0.3, -0.25) is 0 Å². The summed E-state index contributed by atoms with van der Waals surface area (Å²) in [6.45, 7) is 6.17. The van der Waals surface area contributed by atoms with Crippen molar-refractivity contribution in [3.05, 3.63) is 0 Å². The average Bonchev–Trinajstić information content (AvgIpc) is 2.54. The fourth-order valence-electron chi connectivity index (χ4n) is 6.36. The van der Waals surface area contributed by atoms with E-state index in [1.165, 1.54) is 32.2 Å². The standard InChI is InChI=1S/C19H33N/c1-19(2)4-3-17(20-6-5-19)12-18-15-8-13-7-14(10-15)11-16(18)9-13/h13-18,20H,3-12H2,1-2H3.